The molecule has 2 nitrogen and oxygen atoms in total. The average Bonchev–Trinajstić information content (AvgIpc) is 2.43. The van der Waals surface area contributed by atoms with Gasteiger partial charge in [0, 0.05) is 11.4 Å². The Morgan fingerprint density at radius 1 is 1.15 bits per heavy atom. The van der Waals surface area contributed by atoms with Gasteiger partial charge in [-0.15, -0.1) is 0 Å². The highest BCUT2D eigenvalue weighted by Gasteiger charge is 2.09. The fourth-order valence-electron chi connectivity index (χ4n) is 2.00. The summed E-state index contributed by atoms with van der Waals surface area (Å²) in [7, 11) is 0. The van der Waals surface area contributed by atoms with Gasteiger partial charge < -0.3 is 9.84 Å². The molecule has 2 aromatic carbocycles. The van der Waals surface area contributed by atoms with Gasteiger partial charge in [-0.25, -0.2) is 0 Å². The molecule has 0 saturated carbocycles. The first-order valence-electron chi connectivity index (χ1n) is 6.76. The minimum absolute atomic E-state index is 0.445. The Bertz CT molecular complexity index is 540. The Morgan fingerprint density at radius 3 is 2.60 bits per heavy atom. The van der Waals surface area contributed by atoms with Gasteiger partial charge in [-0.05, 0) is 42.7 Å². The fraction of sp³-hybridized carbons (Fsp3) is 0.294. The number of ether oxygens (including phenoxy) is 1. The molecule has 0 heterocycles. The Kier molecular flexibility index (Phi) is 5.45. The predicted octanol–water partition coefficient (Wildman–Crippen LogP) is 4.02. The Morgan fingerprint density at radius 2 is 1.90 bits per heavy atom. The molecule has 106 valence electrons. The molecule has 1 N–H and O–H groups in total. The number of hydrogen-bond donors (Lipinski definition) is 1. The molecule has 0 radical (unpaired) electrons. The summed E-state index contributed by atoms with van der Waals surface area (Å²) in [5.41, 5.74) is 2.10. The SMILES string of the molecule is Cc1ccc(CC(O)CCOc2ccccc2)c(Cl)c1. The van der Waals surface area contributed by atoms with Gasteiger partial charge in [0.25, 0.3) is 0 Å². The van der Waals surface area contributed by atoms with Gasteiger partial charge >= 0.3 is 0 Å². The van der Waals surface area contributed by atoms with Crippen LogP contribution >= 0.6 is 11.6 Å². The number of aliphatic hydroxyl groups excluding tert-OH is 1. The van der Waals surface area contributed by atoms with Crippen LogP contribution in [0.25, 0.3) is 0 Å². The van der Waals surface area contributed by atoms with Gasteiger partial charge in [-0.1, -0.05) is 41.9 Å². The van der Waals surface area contributed by atoms with Crippen molar-refractivity contribution in [2.24, 2.45) is 0 Å². The smallest absolute Gasteiger partial charge is 0.119 e. The first kappa shape index (κ1) is 14.9. The summed E-state index contributed by atoms with van der Waals surface area (Å²) in [6.45, 7) is 2.49. The maximum absolute atomic E-state index is 10.0. The number of benzene rings is 2. The second-order valence-electron chi connectivity index (χ2n) is 4.90. The molecule has 1 atom stereocenters. The van der Waals surface area contributed by atoms with E-state index in [0.717, 1.165) is 16.9 Å². The van der Waals surface area contributed by atoms with E-state index in [9.17, 15) is 5.11 Å². The van der Waals surface area contributed by atoms with E-state index < -0.39 is 6.10 Å². The molecule has 0 spiro atoms. The predicted molar refractivity (Wildman–Crippen MR) is 82.5 cm³/mol. The summed E-state index contributed by atoms with van der Waals surface area (Å²) in [5.74, 6) is 0.827. The van der Waals surface area contributed by atoms with Crippen molar-refractivity contribution < 1.29 is 9.84 Å². The van der Waals surface area contributed by atoms with Crippen LogP contribution in [0.4, 0.5) is 0 Å². The topological polar surface area (TPSA) is 29.5 Å². The molecule has 0 fully saturated rings. The second-order valence-corrected chi connectivity index (χ2v) is 5.31. The molecule has 0 aromatic heterocycles. The first-order valence-corrected chi connectivity index (χ1v) is 7.14. The highest BCUT2D eigenvalue weighted by Crippen LogP contribution is 2.20. The van der Waals surface area contributed by atoms with Crippen LogP contribution in [-0.4, -0.2) is 17.8 Å². The monoisotopic (exact) mass is 290 g/mol. The van der Waals surface area contributed by atoms with Crippen LogP contribution in [0.1, 0.15) is 17.5 Å². The lowest BCUT2D eigenvalue weighted by Crippen LogP contribution is -2.15. The lowest BCUT2D eigenvalue weighted by molar-refractivity contribution is 0.139. The van der Waals surface area contributed by atoms with Crippen molar-refractivity contribution in [3.8, 4) is 5.75 Å². The van der Waals surface area contributed by atoms with E-state index in [1.54, 1.807) is 0 Å². The van der Waals surface area contributed by atoms with E-state index in [0.29, 0.717) is 24.5 Å². The summed E-state index contributed by atoms with van der Waals surface area (Å²) >= 11 is 6.16. The fourth-order valence-corrected chi connectivity index (χ4v) is 2.32. The van der Waals surface area contributed by atoms with Crippen molar-refractivity contribution in [2.45, 2.75) is 25.9 Å². The quantitative estimate of drug-likeness (QED) is 0.871. The average molecular weight is 291 g/mol. The zero-order chi connectivity index (χ0) is 14.4. The largest absolute Gasteiger partial charge is 0.493 e. The number of para-hydroxylation sites is 1. The van der Waals surface area contributed by atoms with Crippen molar-refractivity contribution in [3.05, 3.63) is 64.7 Å². The molecule has 0 aliphatic carbocycles. The lowest BCUT2D eigenvalue weighted by atomic mass is 10.0. The Balaban J connectivity index is 1.79. The van der Waals surface area contributed by atoms with E-state index in [1.165, 1.54) is 0 Å². The molecule has 0 aliphatic rings. The molecule has 2 rings (SSSR count). The van der Waals surface area contributed by atoms with E-state index in [4.69, 9.17) is 16.3 Å². The maximum atomic E-state index is 10.0. The van der Waals surface area contributed by atoms with Crippen LogP contribution in [0.15, 0.2) is 48.5 Å². The van der Waals surface area contributed by atoms with Gasteiger partial charge in [0.2, 0.25) is 0 Å². The van der Waals surface area contributed by atoms with E-state index >= 15 is 0 Å². The maximum Gasteiger partial charge on any atom is 0.119 e. The second kappa shape index (κ2) is 7.32. The summed E-state index contributed by atoms with van der Waals surface area (Å²) < 4.78 is 5.57. The first-order chi connectivity index (χ1) is 9.65. The molecular formula is C17H19ClO2. The molecule has 0 aliphatic heterocycles. The van der Waals surface area contributed by atoms with Crippen LogP contribution in [-0.2, 0) is 6.42 Å². The number of halogens is 1. The number of aliphatic hydroxyl groups is 1. The van der Waals surface area contributed by atoms with Crippen LogP contribution < -0.4 is 4.74 Å². The lowest BCUT2D eigenvalue weighted by Gasteiger charge is -2.13. The molecule has 20 heavy (non-hydrogen) atoms. The minimum atomic E-state index is -0.445. The molecule has 0 bridgehead atoms. The molecule has 1 unspecified atom stereocenters. The minimum Gasteiger partial charge on any atom is -0.493 e. The van der Waals surface area contributed by atoms with Crippen molar-refractivity contribution in [1.29, 1.82) is 0 Å². The normalized spacial score (nSPS) is 12.2. The molecule has 0 amide bonds. The third kappa shape index (κ3) is 4.55. The number of rotatable bonds is 6. The summed E-state index contributed by atoms with van der Waals surface area (Å²) in [6, 6.07) is 15.5. The van der Waals surface area contributed by atoms with Crippen molar-refractivity contribution in [3.63, 3.8) is 0 Å². The van der Waals surface area contributed by atoms with Gasteiger partial charge in [0.15, 0.2) is 0 Å². The number of hydrogen-bond acceptors (Lipinski definition) is 2. The van der Waals surface area contributed by atoms with Crippen molar-refractivity contribution in [2.75, 3.05) is 6.61 Å². The molecule has 0 saturated heterocycles. The van der Waals surface area contributed by atoms with E-state index in [1.807, 2.05) is 55.5 Å². The van der Waals surface area contributed by atoms with Crippen molar-refractivity contribution >= 4 is 11.6 Å². The van der Waals surface area contributed by atoms with Crippen LogP contribution in [0, 0.1) is 6.92 Å². The van der Waals surface area contributed by atoms with Crippen molar-refractivity contribution in [1.82, 2.24) is 0 Å². The number of aryl methyl sites for hydroxylation is 1. The van der Waals surface area contributed by atoms with Gasteiger partial charge in [-0.3, -0.25) is 0 Å². The standard InChI is InChI=1S/C17H19ClO2/c1-13-7-8-14(17(18)11-13)12-15(19)9-10-20-16-5-3-2-4-6-16/h2-8,11,15,19H,9-10,12H2,1H3. The van der Waals surface area contributed by atoms with Crippen LogP contribution in [0.5, 0.6) is 5.75 Å². The third-order valence-corrected chi connectivity index (χ3v) is 3.48. The molecule has 3 heteroatoms. The summed E-state index contributed by atoms with van der Waals surface area (Å²) in [4.78, 5) is 0. The summed E-state index contributed by atoms with van der Waals surface area (Å²) in [6.07, 6.45) is 0.690. The molecule has 2 aromatic rings. The van der Waals surface area contributed by atoms with E-state index in [2.05, 4.69) is 0 Å². The zero-order valence-corrected chi connectivity index (χ0v) is 12.3. The molecular weight excluding hydrogens is 272 g/mol. The summed E-state index contributed by atoms with van der Waals surface area (Å²) in [5, 5.41) is 10.8. The van der Waals surface area contributed by atoms with Gasteiger partial charge in [0.05, 0.1) is 12.7 Å². The highest BCUT2D eigenvalue weighted by atomic mass is 35.5. The van der Waals surface area contributed by atoms with Gasteiger partial charge in [-0.2, -0.15) is 0 Å². The highest BCUT2D eigenvalue weighted by molar-refractivity contribution is 6.31. The Labute approximate surface area is 125 Å². The van der Waals surface area contributed by atoms with Crippen LogP contribution in [0.2, 0.25) is 5.02 Å². The van der Waals surface area contributed by atoms with E-state index in [-0.39, 0.29) is 0 Å². The van der Waals surface area contributed by atoms with Crippen LogP contribution in [0.3, 0.4) is 0 Å². The zero-order valence-electron chi connectivity index (χ0n) is 11.6. The third-order valence-electron chi connectivity index (χ3n) is 3.13. The Hall–Kier alpha value is -1.51. The van der Waals surface area contributed by atoms with Gasteiger partial charge in [0.1, 0.15) is 5.75 Å².